The maximum absolute atomic E-state index is 13.6. The topological polar surface area (TPSA) is 58.6 Å². The molecule has 4 rings (SSSR count). The molecule has 0 aromatic heterocycles. The van der Waals surface area contributed by atoms with Gasteiger partial charge in [0.1, 0.15) is 5.60 Å². The highest BCUT2D eigenvalue weighted by Gasteiger charge is 2.25. The second-order valence-electron chi connectivity index (χ2n) is 9.10. The number of carbonyl (C=O) groups excluding carboxylic acids is 2. The van der Waals surface area contributed by atoms with Crippen molar-refractivity contribution in [2.24, 2.45) is 0 Å². The van der Waals surface area contributed by atoms with Gasteiger partial charge in [0, 0.05) is 23.4 Å². The second kappa shape index (κ2) is 9.33. The molecule has 1 aliphatic carbocycles. The van der Waals surface area contributed by atoms with Crippen LogP contribution >= 0.6 is 0 Å². The van der Waals surface area contributed by atoms with Crippen molar-refractivity contribution in [3.05, 3.63) is 101 Å². The Morgan fingerprint density at radius 3 is 2.24 bits per heavy atom. The fraction of sp³-hybridized carbons (Fsp3) is 0.214. The third kappa shape index (κ3) is 5.69. The van der Waals surface area contributed by atoms with E-state index in [0.29, 0.717) is 18.7 Å². The highest BCUT2D eigenvalue weighted by Crippen LogP contribution is 2.29. The minimum atomic E-state index is -0.574. The zero-order valence-corrected chi connectivity index (χ0v) is 19.2. The van der Waals surface area contributed by atoms with E-state index in [1.807, 2.05) is 87.5 Å². The molecule has 0 saturated heterocycles. The monoisotopic (exact) mass is 440 g/mol. The van der Waals surface area contributed by atoms with Crippen LogP contribution in [0.15, 0.2) is 84.4 Å². The van der Waals surface area contributed by atoms with Crippen LogP contribution in [0.2, 0.25) is 0 Å². The SMILES string of the molecule is CC(C)(C)OC(=O)Nc1ccc(N(Cc2ccccc2)C(=O)C2=Cc3ccccc3C2)cc1. The average Bonchev–Trinajstić information content (AvgIpc) is 3.21. The van der Waals surface area contributed by atoms with Gasteiger partial charge in [0.15, 0.2) is 0 Å². The predicted octanol–water partition coefficient (Wildman–Crippen LogP) is 6.21. The van der Waals surface area contributed by atoms with Crippen LogP contribution in [0, 0.1) is 0 Å². The van der Waals surface area contributed by atoms with Crippen molar-refractivity contribution >= 4 is 29.5 Å². The van der Waals surface area contributed by atoms with Gasteiger partial charge in [0.2, 0.25) is 0 Å². The first-order chi connectivity index (χ1) is 15.8. The van der Waals surface area contributed by atoms with Crippen LogP contribution < -0.4 is 10.2 Å². The first kappa shape index (κ1) is 22.3. The van der Waals surface area contributed by atoms with Crippen molar-refractivity contribution in [2.45, 2.75) is 39.3 Å². The normalized spacial score (nSPS) is 12.5. The third-order valence-electron chi connectivity index (χ3n) is 5.29. The molecule has 2 amide bonds. The zero-order chi connectivity index (χ0) is 23.4. The maximum Gasteiger partial charge on any atom is 0.412 e. The van der Waals surface area contributed by atoms with Crippen LogP contribution in [0.1, 0.15) is 37.5 Å². The molecule has 0 atom stereocenters. The number of carbonyl (C=O) groups is 2. The summed E-state index contributed by atoms with van der Waals surface area (Å²) in [6.45, 7) is 5.91. The van der Waals surface area contributed by atoms with Crippen molar-refractivity contribution in [1.82, 2.24) is 0 Å². The van der Waals surface area contributed by atoms with E-state index in [4.69, 9.17) is 4.74 Å². The van der Waals surface area contributed by atoms with Crippen LogP contribution in [-0.4, -0.2) is 17.6 Å². The molecule has 33 heavy (non-hydrogen) atoms. The van der Waals surface area contributed by atoms with Crippen LogP contribution in [0.3, 0.4) is 0 Å². The van der Waals surface area contributed by atoms with Crippen LogP contribution in [0.5, 0.6) is 0 Å². The van der Waals surface area contributed by atoms with E-state index >= 15 is 0 Å². The van der Waals surface area contributed by atoms with Gasteiger partial charge >= 0.3 is 6.09 Å². The molecule has 168 valence electrons. The van der Waals surface area contributed by atoms with Gasteiger partial charge in [0.05, 0.1) is 6.54 Å². The summed E-state index contributed by atoms with van der Waals surface area (Å²) in [5, 5.41) is 2.73. The smallest absolute Gasteiger partial charge is 0.412 e. The molecular weight excluding hydrogens is 412 g/mol. The Labute approximate surface area is 194 Å². The van der Waals surface area contributed by atoms with Gasteiger partial charge in [-0.3, -0.25) is 10.1 Å². The Kier molecular flexibility index (Phi) is 6.31. The number of hydrogen-bond donors (Lipinski definition) is 1. The van der Waals surface area contributed by atoms with E-state index in [2.05, 4.69) is 11.4 Å². The van der Waals surface area contributed by atoms with Crippen molar-refractivity contribution in [2.75, 3.05) is 10.2 Å². The zero-order valence-electron chi connectivity index (χ0n) is 19.2. The first-order valence-corrected chi connectivity index (χ1v) is 11.0. The molecule has 0 fully saturated rings. The average molecular weight is 441 g/mol. The lowest BCUT2D eigenvalue weighted by atomic mass is 10.1. The molecule has 0 heterocycles. The number of benzene rings is 3. The van der Waals surface area contributed by atoms with Crippen molar-refractivity contribution < 1.29 is 14.3 Å². The number of ether oxygens (including phenoxy) is 1. The van der Waals surface area contributed by atoms with Gasteiger partial charge in [-0.05, 0) is 67.8 Å². The molecule has 5 heteroatoms. The molecule has 0 aliphatic heterocycles. The molecule has 0 saturated carbocycles. The van der Waals surface area contributed by atoms with Crippen LogP contribution in [0.25, 0.3) is 6.08 Å². The molecule has 1 N–H and O–H groups in total. The number of rotatable bonds is 5. The molecule has 0 radical (unpaired) electrons. The van der Waals surface area contributed by atoms with E-state index in [1.54, 1.807) is 17.0 Å². The number of nitrogens with zero attached hydrogens (tertiary/aromatic N) is 1. The summed E-state index contributed by atoms with van der Waals surface area (Å²) in [5.74, 6) is -0.0251. The quantitative estimate of drug-likeness (QED) is 0.513. The summed E-state index contributed by atoms with van der Waals surface area (Å²) in [6.07, 6.45) is 2.09. The highest BCUT2D eigenvalue weighted by molar-refractivity contribution is 6.09. The molecule has 0 unspecified atom stereocenters. The Morgan fingerprint density at radius 1 is 0.909 bits per heavy atom. The first-order valence-electron chi connectivity index (χ1n) is 11.0. The molecular formula is C28H28N2O3. The Balaban J connectivity index is 1.56. The second-order valence-corrected chi connectivity index (χ2v) is 9.10. The van der Waals surface area contributed by atoms with Gasteiger partial charge in [0.25, 0.3) is 5.91 Å². The van der Waals surface area contributed by atoms with E-state index in [-0.39, 0.29) is 5.91 Å². The predicted molar refractivity (Wildman–Crippen MR) is 132 cm³/mol. The number of hydrogen-bond acceptors (Lipinski definition) is 3. The molecule has 3 aromatic carbocycles. The summed E-state index contributed by atoms with van der Waals surface area (Å²) < 4.78 is 5.31. The lowest BCUT2D eigenvalue weighted by Crippen LogP contribution is -2.31. The minimum Gasteiger partial charge on any atom is -0.444 e. The van der Waals surface area contributed by atoms with Gasteiger partial charge < -0.3 is 9.64 Å². The fourth-order valence-corrected chi connectivity index (χ4v) is 3.78. The van der Waals surface area contributed by atoms with Crippen molar-refractivity contribution in [3.8, 4) is 0 Å². The maximum atomic E-state index is 13.6. The Morgan fingerprint density at radius 2 is 1.58 bits per heavy atom. The lowest BCUT2D eigenvalue weighted by Gasteiger charge is -2.24. The van der Waals surface area contributed by atoms with Crippen molar-refractivity contribution in [1.29, 1.82) is 0 Å². The van der Waals surface area contributed by atoms with Gasteiger partial charge in [-0.2, -0.15) is 0 Å². The number of nitrogens with one attached hydrogen (secondary N) is 1. The standard InChI is InChI=1S/C28H28N2O3/c1-28(2,3)33-27(32)29-24-13-15-25(16-14-24)30(19-20-9-5-4-6-10-20)26(31)23-17-21-11-7-8-12-22(21)18-23/h4-17H,18-19H2,1-3H3,(H,29,32). The van der Waals surface area contributed by atoms with Gasteiger partial charge in [-0.25, -0.2) is 4.79 Å². The van der Waals surface area contributed by atoms with E-state index in [9.17, 15) is 9.59 Å². The van der Waals surface area contributed by atoms with Crippen molar-refractivity contribution in [3.63, 3.8) is 0 Å². The number of amides is 2. The molecule has 1 aliphatic rings. The third-order valence-corrected chi connectivity index (χ3v) is 5.29. The number of fused-ring (bicyclic) bond motifs is 1. The van der Waals surface area contributed by atoms with E-state index < -0.39 is 11.7 Å². The van der Waals surface area contributed by atoms with Gasteiger partial charge in [-0.1, -0.05) is 54.6 Å². The largest absolute Gasteiger partial charge is 0.444 e. The summed E-state index contributed by atoms with van der Waals surface area (Å²) in [7, 11) is 0. The molecule has 0 spiro atoms. The van der Waals surface area contributed by atoms with Crippen LogP contribution in [-0.2, 0) is 22.5 Å². The Bertz CT molecular complexity index is 1180. The van der Waals surface area contributed by atoms with E-state index in [1.165, 1.54) is 0 Å². The summed E-state index contributed by atoms with van der Waals surface area (Å²) >= 11 is 0. The fourth-order valence-electron chi connectivity index (χ4n) is 3.78. The summed E-state index contributed by atoms with van der Waals surface area (Å²) in [4.78, 5) is 27.5. The molecule has 3 aromatic rings. The highest BCUT2D eigenvalue weighted by atomic mass is 16.6. The van der Waals surface area contributed by atoms with Crippen LogP contribution in [0.4, 0.5) is 16.2 Å². The minimum absolute atomic E-state index is 0.0251. The van der Waals surface area contributed by atoms with Gasteiger partial charge in [-0.15, -0.1) is 0 Å². The molecule has 5 nitrogen and oxygen atoms in total. The summed E-state index contributed by atoms with van der Waals surface area (Å²) in [6, 6.07) is 25.2. The molecule has 0 bridgehead atoms. The Hall–Kier alpha value is -3.86. The lowest BCUT2D eigenvalue weighted by molar-refractivity contribution is -0.115. The summed E-state index contributed by atoms with van der Waals surface area (Å²) in [5.41, 5.74) is 4.86. The van der Waals surface area contributed by atoms with E-state index in [0.717, 1.165) is 28.0 Å². The number of anilines is 2.